The molecule has 12 nitrogen and oxygen atoms in total. The molecule has 2 amide bonds. The number of halogens is 2. The SMILES string of the molecule is CN1CCN(c2ccc(N3C[C@H](CO)OC3=O)cc2F)CC1.O=C1O[C@@H](CO)CN1c1ccc(N2CCNCC2)c(F)c1. The van der Waals surface area contributed by atoms with Gasteiger partial charge in [0.2, 0.25) is 0 Å². The maximum absolute atomic E-state index is 14.4. The van der Waals surface area contributed by atoms with E-state index in [0.717, 1.165) is 52.4 Å². The molecule has 4 aliphatic rings. The molecule has 0 aliphatic carbocycles. The molecule has 0 spiro atoms. The molecule has 234 valence electrons. The van der Waals surface area contributed by atoms with Crippen LogP contribution in [0.3, 0.4) is 0 Å². The summed E-state index contributed by atoms with van der Waals surface area (Å²) in [7, 11) is 2.05. The quantitative estimate of drug-likeness (QED) is 0.447. The van der Waals surface area contributed by atoms with Gasteiger partial charge in [-0.25, -0.2) is 18.4 Å². The highest BCUT2D eigenvalue weighted by Crippen LogP contribution is 2.29. The Morgan fingerprint density at radius 1 is 0.744 bits per heavy atom. The molecule has 14 heteroatoms. The number of nitrogens with one attached hydrogen (secondary N) is 1. The fraction of sp³-hybridized carbons (Fsp3) is 0.517. The number of piperazine rings is 2. The molecule has 6 rings (SSSR count). The van der Waals surface area contributed by atoms with Crippen molar-refractivity contribution in [2.45, 2.75) is 12.2 Å². The highest BCUT2D eigenvalue weighted by Gasteiger charge is 2.33. The Morgan fingerprint density at radius 3 is 1.58 bits per heavy atom. The number of benzene rings is 2. The minimum atomic E-state index is -0.552. The van der Waals surface area contributed by atoms with Gasteiger partial charge in [-0.3, -0.25) is 9.80 Å². The van der Waals surface area contributed by atoms with E-state index in [1.165, 1.54) is 21.9 Å². The van der Waals surface area contributed by atoms with Crippen molar-refractivity contribution in [1.29, 1.82) is 0 Å². The standard InChI is InChI=1S/C15H20FN3O3.C14H18FN3O3/c1-17-4-6-18(7-5-17)14-3-2-11(8-13(14)16)19-9-12(10-20)22-15(19)21;15-12-7-10(18-8-11(9-19)21-14(18)20)1-2-13(12)17-5-3-16-4-6-17/h2-3,8,12,20H,4-7,9-10H2,1H3;1-2,7,11,16,19H,3-6,8-9H2/t12-;11-/m11/s1. The first-order valence-corrected chi connectivity index (χ1v) is 14.4. The van der Waals surface area contributed by atoms with Crippen molar-refractivity contribution in [2.75, 3.05) is 105 Å². The van der Waals surface area contributed by atoms with Crippen molar-refractivity contribution in [3.8, 4) is 0 Å². The molecule has 0 saturated carbocycles. The second-order valence-electron chi connectivity index (χ2n) is 10.9. The Morgan fingerprint density at radius 2 is 1.19 bits per heavy atom. The number of nitrogens with zero attached hydrogens (tertiary/aromatic N) is 5. The molecule has 0 radical (unpaired) electrons. The Labute approximate surface area is 248 Å². The van der Waals surface area contributed by atoms with E-state index in [-0.39, 0.29) is 37.9 Å². The molecule has 0 unspecified atom stereocenters. The zero-order valence-electron chi connectivity index (χ0n) is 24.1. The van der Waals surface area contributed by atoms with Crippen molar-refractivity contribution >= 4 is 34.9 Å². The van der Waals surface area contributed by atoms with Gasteiger partial charge >= 0.3 is 12.2 Å². The number of carbonyl (C=O) groups is 2. The van der Waals surface area contributed by atoms with E-state index < -0.39 is 24.4 Å². The number of hydrogen-bond acceptors (Lipinski definition) is 10. The van der Waals surface area contributed by atoms with Crippen LogP contribution in [0.25, 0.3) is 0 Å². The third kappa shape index (κ3) is 7.09. The summed E-state index contributed by atoms with van der Waals surface area (Å²) in [5.74, 6) is -0.697. The Hall–Kier alpha value is -3.72. The molecule has 4 saturated heterocycles. The largest absolute Gasteiger partial charge is 0.441 e. The maximum Gasteiger partial charge on any atom is 0.414 e. The second-order valence-corrected chi connectivity index (χ2v) is 10.9. The molecule has 2 atom stereocenters. The van der Waals surface area contributed by atoms with Crippen LogP contribution < -0.4 is 24.9 Å². The molecule has 3 N–H and O–H groups in total. The third-order valence-electron chi connectivity index (χ3n) is 7.94. The van der Waals surface area contributed by atoms with Crippen LogP contribution in [0.4, 0.5) is 41.1 Å². The van der Waals surface area contributed by atoms with Gasteiger partial charge in [-0.15, -0.1) is 0 Å². The predicted molar refractivity (Wildman–Crippen MR) is 157 cm³/mol. The summed E-state index contributed by atoms with van der Waals surface area (Å²) in [6.45, 7) is 6.56. The zero-order valence-corrected chi connectivity index (χ0v) is 24.1. The number of ether oxygens (including phenoxy) is 2. The smallest absolute Gasteiger partial charge is 0.414 e. The number of carbonyl (C=O) groups excluding carboxylic acids is 2. The lowest BCUT2D eigenvalue weighted by atomic mass is 10.2. The van der Waals surface area contributed by atoms with Gasteiger partial charge in [-0.2, -0.15) is 0 Å². The Kier molecular flexibility index (Phi) is 9.80. The van der Waals surface area contributed by atoms with Gasteiger partial charge in [0.15, 0.2) is 0 Å². The number of likely N-dealkylation sites (N-methyl/N-ethyl adjacent to an activating group) is 1. The van der Waals surface area contributed by atoms with Crippen LogP contribution in [0.15, 0.2) is 36.4 Å². The first-order chi connectivity index (χ1) is 20.8. The molecular weight excluding hydrogens is 566 g/mol. The van der Waals surface area contributed by atoms with Gasteiger partial charge in [0.1, 0.15) is 23.8 Å². The number of aliphatic hydroxyl groups is 2. The van der Waals surface area contributed by atoms with Crippen LogP contribution >= 0.6 is 0 Å². The lowest BCUT2D eigenvalue weighted by Gasteiger charge is -2.34. The van der Waals surface area contributed by atoms with E-state index in [1.807, 2.05) is 16.8 Å². The summed E-state index contributed by atoms with van der Waals surface area (Å²) in [4.78, 5) is 32.3. The third-order valence-corrected chi connectivity index (χ3v) is 7.94. The first kappa shape index (κ1) is 30.7. The summed E-state index contributed by atoms with van der Waals surface area (Å²) in [6.07, 6.45) is -2.20. The molecule has 4 fully saturated rings. The van der Waals surface area contributed by atoms with Gasteiger partial charge in [-0.05, 0) is 43.4 Å². The molecule has 43 heavy (non-hydrogen) atoms. The highest BCUT2D eigenvalue weighted by molar-refractivity contribution is 5.90. The molecule has 2 aromatic carbocycles. The van der Waals surface area contributed by atoms with E-state index in [1.54, 1.807) is 24.3 Å². The second kappa shape index (κ2) is 13.7. The lowest BCUT2D eigenvalue weighted by molar-refractivity contribution is 0.0960. The van der Waals surface area contributed by atoms with Gasteiger partial charge in [0.05, 0.1) is 49.1 Å². The summed E-state index contributed by atoms with van der Waals surface area (Å²) in [5, 5.41) is 21.3. The van der Waals surface area contributed by atoms with Gasteiger partial charge in [0, 0.05) is 52.4 Å². The van der Waals surface area contributed by atoms with E-state index in [4.69, 9.17) is 19.7 Å². The number of cyclic esters (lactones) is 2. The summed E-state index contributed by atoms with van der Waals surface area (Å²) in [5.41, 5.74) is 2.01. The van der Waals surface area contributed by atoms with Crippen LogP contribution in [0.5, 0.6) is 0 Å². The number of rotatable bonds is 6. The molecular formula is C29H38F2N6O6. The lowest BCUT2D eigenvalue weighted by Crippen LogP contribution is -2.44. The molecule has 4 aliphatic heterocycles. The van der Waals surface area contributed by atoms with Gasteiger partial charge in [0.25, 0.3) is 0 Å². The van der Waals surface area contributed by atoms with Gasteiger partial charge < -0.3 is 39.7 Å². The van der Waals surface area contributed by atoms with Crippen LogP contribution in [0, 0.1) is 11.6 Å². The van der Waals surface area contributed by atoms with Crippen molar-refractivity contribution in [2.24, 2.45) is 0 Å². The number of amides is 2. The van der Waals surface area contributed by atoms with E-state index in [2.05, 4.69) is 10.2 Å². The summed E-state index contributed by atoms with van der Waals surface area (Å²) < 4.78 is 38.6. The normalized spacial score (nSPS) is 22.8. The predicted octanol–water partition coefficient (Wildman–Crippen LogP) is 1.45. The Balaban J connectivity index is 0.000000171. The molecule has 0 bridgehead atoms. The Bertz CT molecular complexity index is 1290. The van der Waals surface area contributed by atoms with Crippen molar-refractivity contribution in [1.82, 2.24) is 10.2 Å². The monoisotopic (exact) mass is 604 g/mol. The van der Waals surface area contributed by atoms with Crippen molar-refractivity contribution < 1.29 is 38.1 Å². The fourth-order valence-electron chi connectivity index (χ4n) is 5.45. The van der Waals surface area contributed by atoms with Crippen LogP contribution in [-0.2, 0) is 9.47 Å². The minimum absolute atomic E-state index is 0.232. The summed E-state index contributed by atoms with van der Waals surface area (Å²) >= 11 is 0. The number of hydrogen-bond donors (Lipinski definition) is 3. The average molecular weight is 605 g/mol. The minimum Gasteiger partial charge on any atom is -0.441 e. The van der Waals surface area contributed by atoms with Crippen LogP contribution in [-0.4, -0.2) is 125 Å². The van der Waals surface area contributed by atoms with Crippen molar-refractivity contribution in [3.63, 3.8) is 0 Å². The number of aliphatic hydroxyl groups excluding tert-OH is 2. The molecule has 0 aromatic heterocycles. The topological polar surface area (TPSA) is 121 Å². The van der Waals surface area contributed by atoms with E-state index >= 15 is 0 Å². The number of anilines is 4. The zero-order chi connectivity index (χ0) is 30.5. The summed E-state index contributed by atoms with van der Waals surface area (Å²) in [6, 6.07) is 9.53. The van der Waals surface area contributed by atoms with Crippen molar-refractivity contribution in [3.05, 3.63) is 48.0 Å². The highest BCUT2D eigenvalue weighted by atomic mass is 19.1. The van der Waals surface area contributed by atoms with Crippen LogP contribution in [0.1, 0.15) is 0 Å². The fourth-order valence-corrected chi connectivity index (χ4v) is 5.45. The maximum atomic E-state index is 14.4. The van der Waals surface area contributed by atoms with Crippen LogP contribution in [0.2, 0.25) is 0 Å². The molecule has 2 aromatic rings. The first-order valence-electron chi connectivity index (χ1n) is 14.4. The average Bonchev–Trinajstić information content (AvgIpc) is 3.60. The van der Waals surface area contributed by atoms with Gasteiger partial charge in [-0.1, -0.05) is 0 Å². The molecule has 4 heterocycles. The van der Waals surface area contributed by atoms with E-state index in [0.29, 0.717) is 22.7 Å². The van der Waals surface area contributed by atoms with E-state index in [9.17, 15) is 18.4 Å².